The van der Waals surface area contributed by atoms with Crippen LogP contribution in [0.3, 0.4) is 0 Å². The zero-order valence-electron chi connectivity index (χ0n) is 10.7. The lowest BCUT2D eigenvalue weighted by Crippen LogP contribution is -2.39. The van der Waals surface area contributed by atoms with Gasteiger partial charge < -0.3 is 20.5 Å². The Bertz CT molecular complexity index is 431. The molecule has 0 unspecified atom stereocenters. The Hall–Kier alpha value is -1.96. The number of rotatable bonds is 5. The fourth-order valence-electron chi connectivity index (χ4n) is 1.37. The highest BCUT2D eigenvalue weighted by Gasteiger charge is 2.30. The maximum Gasteiger partial charge on any atom is 0.573 e. The Balaban J connectivity index is 2.55. The summed E-state index contributed by atoms with van der Waals surface area (Å²) < 4.78 is 39.5. The summed E-state index contributed by atoms with van der Waals surface area (Å²) in [5.41, 5.74) is 0.310. The summed E-state index contributed by atoms with van der Waals surface area (Å²) in [4.78, 5) is 11.5. The van der Waals surface area contributed by atoms with Crippen LogP contribution in [0.1, 0.15) is 13.3 Å². The van der Waals surface area contributed by atoms with Crippen molar-refractivity contribution in [2.75, 3.05) is 11.9 Å². The van der Waals surface area contributed by atoms with Gasteiger partial charge in [-0.1, -0.05) is 6.92 Å². The number of carbonyl (C=O) groups is 1. The maximum absolute atomic E-state index is 11.9. The molecule has 0 heterocycles. The third-order valence-electron chi connectivity index (χ3n) is 2.39. The first-order valence-electron chi connectivity index (χ1n) is 5.88. The molecule has 2 amide bonds. The molecule has 0 fully saturated rings. The second-order valence-electron chi connectivity index (χ2n) is 3.96. The van der Waals surface area contributed by atoms with Crippen molar-refractivity contribution in [2.45, 2.75) is 25.7 Å². The molecule has 20 heavy (non-hydrogen) atoms. The minimum absolute atomic E-state index is 0.192. The van der Waals surface area contributed by atoms with Gasteiger partial charge in [0.25, 0.3) is 0 Å². The summed E-state index contributed by atoms with van der Waals surface area (Å²) in [6.07, 6.45) is -4.19. The SMILES string of the molecule is CC[C@@H](CO)NC(=O)Nc1ccc(OC(F)(F)F)cc1. The van der Waals surface area contributed by atoms with E-state index in [1.165, 1.54) is 12.1 Å². The van der Waals surface area contributed by atoms with E-state index < -0.39 is 12.4 Å². The van der Waals surface area contributed by atoms with Crippen LogP contribution in [0.4, 0.5) is 23.7 Å². The van der Waals surface area contributed by atoms with Crippen molar-refractivity contribution >= 4 is 11.7 Å². The molecule has 8 heteroatoms. The number of anilines is 1. The average Bonchev–Trinajstić information content (AvgIpc) is 2.36. The van der Waals surface area contributed by atoms with Crippen LogP contribution in [0.2, 0.25) is 0 Å². The highest BCUT2D eigenvalue weighted by Crippen LogP contribution is 2.23. The Kier molecular flexibility index (Phi) is 5.63. The van der Waals surface area contributed by atoms with E-state index in [2.05, 4.69) is 15.4 Å². The molecule has 5 nitrogen and oxygen atoms in total. The maximum atomic E-state index is 11.9. The normalized spacial score (nSPS) is 12.7. The zero-order chi connectivity index (χ0) is 15.2. The lowest BCUT2D eigenvalue weighted by atomic mass is 10.2. The van der Waals surface area contributed by atoms with Crippen LogP contribution in [0, 0.1) is 0 Å². The molecule has 1 rings (SSSR count). The minimum Gasteiger partial charge on any atom is -0.406 e. The van der Waals surface area contributed by atoms with Gasteiger partial charge in [-0.3, -0.25) is 0 Å². The lowest BCUT2D eigenvalue weighted by molar-refractivity contribution is -0.274. The first kappa shape index (κ1) is 16.1. The number of amides is 2. The third kappa shape index (κ3) is 5.79. The predicted octanol–water partition coefficient (Wildman–Crippen LogP) is 2.48. The van der Waals surface area contributed by atoms with Crippen molar-refractivity contribution < 1.29 is 27.8 Å². The molecule has 1 aromatic carbocycles. The molecule has 0 saturated carbocycles. The molecule has 1 aromatic rings. The Labute approximate surface area is 113 Å². The number of hydrogen-bond acceptors (Lipinski definition) is 3. The second-order valence-corrected chi connectivity index (χ2v) is 3.96. The van der Waals surface area contributed by atoms with Crippen LogP contribution in [-0.2, 0) is 0 Å². The van der Waals surface area contributed by atoms with Crippen molar-refractivity contribution in [3.05, 3.63) is 24.3 Å². The fraction of sp³-hybridized carbons (Fsp3) is 0.417. The largest absolute Gasteiger partial charge is 0.573 e. The van der Waals surface area contributed by atoms with Crippen LogP contribution < -0.4 is 15.4 Å². The van der Waals surface area contributed by atoms with Crippen LogP contribution >= 0.6 is 0 Å². The van der Waals surface area contributed by atoms with E-state index >= 15 is 0 Å². The number of hydrogen-bond donors (Lipinski definition) is 3. The zero-order valence-corrected chi connectivity index (χ0v) is 10.7. The minimum atomic E-state index is -4.75. The number of carbonyl (C=O) groups excluding carboxylic acids is 1. The Morgan fingerprint density at radius 2 is 1.95 bits per heavy atom. The number of halogens is 3. The van der Waals surface area contributed by atoms with Gasteiger partial charge in [-0.05, 0) is 30.7 Å². The van der Waals surface area contributed by atoms with Crippen LogP contribution in [0.15, 0.2) is 24.3 Å². The van der Waals surface area contributed by atoms with Crippen LogP contribution in [0.5, 0.6) is 5.75 Å². The van der Waals surface area contributed by atoms with E-state index in [9.17, 15) is 18.0 Å². The first-order chi connectivity index (χ1) is 9.34. The molecular weight excluding hydrogens is 277 g/mol. The molecule has 0 bridgehead atoms. The van der Waals surface area contributed by atoms with E-state index in [1.54, 1.807) is 6.92 Å². The van der Waals surface area contributed by atoms with E-state index in [0.29, 0.717) is 12.1 Å². The molecule has 0 aliphatic carbocycles. The van der Waals surface area contributed by atoms with Crippen molar-refractivity contribution in [1.82, 2.24) is 5.32 Å². The van der Waals surface area contributed by atoms with Gasteiger partial charge in [-0.15, -0.1) is 13.2 Å². The molecule has 3 N–H and O–H groups in total. The fourth-order valence-corrected chi connectivity index (χ4v) is 1.37. The van der Waals surface area contributed by atoms with E-state index in [0.717, 1.165) is 12.1 Å². The monoisotopic (exact) mass is 292 g/mol. The molecule has 0 aromatic heterocycles. The van der Waals surface area contributed by atoms with Gasteiger partial charge in [0, 0.05) is 5.69 Å². The second kappa shape index (κ2) is 6.99. The highest BCUT2D eigenvalue weighted by atomic mass is 19.4. The van der Waals surface area contributed by atoms with Gasteiger partial charge in [0.15, 0.2) is 0 Å². The predicted molar refractivity (Wildman–Crippen MR) is 66.4 cm³/mol. The number of aliphatic hydroxyl groups is 1. The highest BCUT2D eigenvalue weighted by molar-refractivity contribution is 5.89. The van der Waals surface area contributed by atoms with Gasteiger partial charge in [0.1, 0.15) is 5.75 Å². The van der Waals surface area contributed by atoms with Gasteiger partial charge in [0.05, 0.1) is 12.6 Å². The molecule has 1 atom stereocenters. The van der Waals surface area contributed by atoms with Crippen molar-refractivity contribution in [2.24, 2.45) is 0 Å². The number of aliphatic hydroxyl groups excluding tert-OH is 1. The standard InChI is InChI=1S/C12H15F3N2O3/c1-2-8(7-18)16-11(19)17-9-3-5-10(6-4-9)20-12(13,14)15/h3-6,8,18H,2,7H2,1H3,(H2,16,17,19)/t8-/m0/s1. The Morgan fingerprint density at radius 3 is 2.40 bits per heavy atom. The summed E-state index contributed by atoms with van der Waals surface area (Å²) in [6.45, 7) is 1.60. The molecular formula is C12H15F3N2O3. The Morgan fingerprint density at radius 1 is 1.35 bits per heavy atom. The topological polar surface area (TPSA) is 70.6 Å². The molecule has 0 aliphatic rings. The van der Waals surface area contributed by atoms with Gasteiger partial charge in [-0.2, -0.15) is 0 Å². The molecule has 0 spiro atoms. The lowest BCUT2D eigenvalue weighted by Gasteiger charge is -2.15. The summed E-state index contributed by atoms with van der Waals surface area (Å²) >= 11 is 0. The summed E-state index contributed by atoms with van der Waals surface area (Å²) in [7, 11) is 0. The quantitative estimate of drug-likeness (QED) is 0.781. The van der Waals surface area contributed by atoms with Gasteiger partial charge >= 0.3 is 12.4 Å². The van der Waals surface area contributed by atoms with Crippen molar-refractivity contribution in [3.8, 4) is 5.75 Å². The van der Waals surface area contributed by atoms with Crippen LogP contribution in [-0.4, -0.2) is 30.1 Å². The number of alkyl halides is 3. The smallest absolute Gasteiger partial charge is 0.406 e. The molecule has 112 valence electrons. The average molecular weight is 292 g/mol. The summed E-state index contributed by atoms with van der Waals surface area (Å²) in [5.74, 6) is -0.370. The van der Waals surface area contributed by atoms with E-state index in [4.69, 9.17) is 5.11 Å². The number of urea groups is 1. The number of nitrogens with one attached hydrogen (secondary N) is 2. The van der Waals surface area contributed by atoms with Crippen LogP contribution in [0.25, 0.3) is 0 Å². The molecule has 0 radical (unpaired) electrons. The molecule has 0 aliphatic heterocycles. The van der Waals surface area contributed by atoms with Crippen molar-refractivity contribution in [3.63, 3.8) is 0 Å². The first-order valence-corrected chi connectivity index (χ1v) is 5.88. The summed E-state index contributed by atoms with van der Waals surface area (Å²) in [6, 6.07) is 3.82. The summed E-state index contributed by atoms with van der Waals surface area (Å²) in [5, 5.41) is 13.9. The van der Waals surface area contributed by atoms with Gasteiger partial charge in [0.2, 0.25) is 0 Å². The van der Waals surface area contributed by atoms with Crippen molar-refractivity contribution in [1.29, 1.82) is 0 Å². The van der Waals surface area contributed by atoms with Gasteiger partial charge in [-0.25, -0.2) is 4.79 Å². The third-order valence-corrected chi connectivity index (χ3v) is 2.39. The molecule has 0 saturated heterocycles. The van der Waals surface area contributed by atoms with E-state index in [-0.39, 0.29) is 18.4 Å². The number of ether oxygens (including phenoxy) is 1. The van der Waals surface area contributed by atoms with E-state index in [1.807, 2.05) is 0 Å². The number of benzene rings is 1.